The number of hydrogen-bond acceptors (Lipinski definition) is 2. The Morgan fingerprint density at radius 1 is 1.43 bits per heavy atom. The van der Waals surface area contributed by atoms with Crippen molar-refractivity contribution < 1.29 is 9.53 Å². The normalized spacial score (nSPS) is 14.7. The highest BCUT2D eigenvalue weighted by Crippen LogP contribution is 2.27. The first-order valence-electron chi connectivity index (χ1n) is 4.29. The number of allylic oxidation sites excluding steroid dienone is 2. The second-order valence-electron chi connectivity index (χ2n) is 3.11. The standard InChI is InChI=1S/C11H9BrO2/c1-14-8-3-4-9-7(6-8)2-5-10(12)11(9)13/h3-6H,2H2,1H3. The van der Waals surface area contributed by atoms with Crippen LogP contribution in [0.4, 0.5) is 0 Å². The molecule has 1 aliphatic carbocycles. The molecular formula is C11H9BrO2. The SMILES string of the molecule is COc1ccc2c(c1)CC=C(Br)C2=O. The molecule has 0 fully saturated rings. The van der Waals surface area contributed by atoms with Crippen molar-refractivity contribution >= 4 is 21.7 Å². The average molecular weight is 253 g/mol. The molecule has 0 radical (unpaired) electrons. The van der Waals surface area contributed by atoms with Crippen LogP contribution in [0.5, 0.6) is 5.75 Å². The highest BCUT2D eigenvalue weighted by molar-refractivity contribution is 9.12. The van der Waals surface area contributed by atoms with Crippen molar-refractivity contribution in [2.75, 3.05) is 7.11 Å². The van der Waals surface area contributed by atoms with Crippen LogP contribution in [0.15, 0.2) is 28.8 Å². The quantitative estimate of drug-likeness (QED) is 0.769. The first kappa shape index (κ1) is 9.46. The van der Waals surface area contributed by atoms with Crippen LogP contribution < -0.4 is 4.74 Å². The Bertz CT molecular complexity index is 421. The van der Waals surface area contributed by atoms with E-state index in [-0.39, 0.29) is 5.78 Å². The molecule has 0 N–H and O–H groups in total. The Morgan fingerprint density at radius 3 is 2.93 bits per heavy atom. The number of ether oxygens (including phenoxy) is 1. The molecule has 1 aliphatic rings. The van der Waals surface area contributed by atoms with Crippen LogP contribution in [0.2, 0.25) is 0 Å². The van der Waals surface area contributed by atoms with Gasteiger partial charge in [0.2, 0.25) is 0 Å². The van der Waals surface area contributed by atoms with E-state index in [2.05, 4.69) is 15.9 Å². The fraction of sp³-hybridized carbons (Fsp3) is 0.182. The van der Waals surface area contributed by atoms with Crippen LogP contribution in [0.3, 0.4) is 0 Å². The minimum atomic E-state index is 0.0499. The largest absolute Gasteiger partial charge is 0.497 e. The molecule has 1 aromatic rings. The number of carbonyl (C=O) groups is 1. The summed E-state index contributed by atoms with van der Waals surface area (Å²) in [4.78, 5) is 11.7. The van der Waals surface area contributed by atoms with Gasteiger partial charge in [-0.25, -0.2) is 0 Å². The molecule has 0 atom stereocenters. The molecule has 72 valence electrons. The summed E-state index contributed by atoms with van der Waals surface area (Å²) in [6, 6.07) is 5.52. The molecule has 0 unspecified atom stereocenters. The van der Waals surface area contributed by atoms with Crippen LogP contribution in [-0.2, 0) is 6.42 Å². The van der Waals surface area contributed by atoms with Crippen LogP contribution in [-0.4, -0.2) is 12.9 Å². The number of rotatable bonds is 1. The summed E-state index contributed by atoms with van der Waals surface area (Å²) in [5.74, 6) is 0.844. The summed E-state index contributed by atoms with van der Waals surface area (Å²) < 4.78 is 5.75. The Balaban J connectivity index is 2.49. The highest BCUT2D eigenvalue weighted by atomic mass is 79.9. The fourth-order valence-corrected chi connectivity index (χ4v) is 1.88. The van der Waals surface area contributed by atoms with E-state index in [0.717, 1.165) is 23.3 Å². The Hall–Kier alpha value is -1.09. The van der Waals surface area contributed by atoms with E-state index in [1.54, 1.807) is 7.11 Å². The summed E-state index contributed by atoms with van der Waals surface area (Å²) in [6.07, 6.45) is 2.66. The van der Waals surface area contributed by atoms with Gasteiger partial charge < -0.3 is 4.74 Å². The first-order chi connectivity index (χ1) is 6.72. The number of carbonyl (C=O) groups excluding carboxylic acids is 1. The molecule has 0 saturated heterocycles. The lowest BCUT2D eigenvalue weighted by molar-refractivity contribution is 0.104. The molecule has 0 aliphatic heterocycles. The maximum atomic E-state index is 11.7. The highest BCUT2D eigenvalue weighted by Gasteiger charge is 2.18. The molecule has 0 amide bonds. The van der Waals surface area contributed by atoms with Gasteiger partial charge in [-0.1, -0.05) is 6.08 Å². The van der Waals surface area contributed by atoms with Crippen LogP contribution >= 0.6 is 15.9 Å². The Morgan fingerprint density at radius 2 is 2.21 bits per heavy atom. The summed E-state index contributed by atoms with van der Waals surface area (Å²) in [7, 11) is 1.62. The molecule has 2 nitrogen and oxygen atoms in total. The van der Waals surface area contributed by atoms with Crippen molar-refractivity contribution in [3.8, 4) is 5.75 Å². The number of fused-ring (bicyclic) bond motifs is 1. The van der Waals surface area contributed by atoms with E-state index in [0.29, 0.717) is 4.48 Å². The second-order valence-corrected chi connectivity index (χ2v) is 3.96. The molecule has 0 heterocycles. The second kappa shape index (κ2) is 3.58. The lowest BCUT2D eigenvalue weighted by Crippen LogP contribution is -2.08. The third kappa shape index (κ3) is 1.48. The molecule has 14 heavy (non-hydrogen) atoms. The predicted octanol–water partition coefficient (Wildman–Crippen LogP) is 2.71. The Kier molecular flexibility index (Phi) is 2.42. The van der Waals surface area contributed by atoms with E-state index < -0.39 is 0 Å². The fourth-order valence-electron chi connectivity index (χ4n) is 1.51. The monoisotopic (exact) mass is 252 g/mol. The zero-order chi connectivity index (χ0) is 10.1. The number of hydrogen-bond donors (Lipinski definition) is 0. The van der Waals surface area contributed by atoms with Crippen molar-refractivity contribution in [3.63, 3.8) is 0 Å². The molecule has 3 heteroatoms. The first-order valence-corrected chi connectivity index (χ1v) is 5.09. The van der Waals surface area contributed by atoms with E-state index >= 15 is 0 Å². The molecule has 1 aromatic carbocycles. The van der Waals surface area contributed by atoms with Crippen molar-refractivity contribution in [3.05, 3.63) is 39.9 Å². The van der Waals surface area contributed by atoms with Gasteiger partial charge in [0.25, 0.3) is 0 Å². The average Bonchev–Trinajstić information content (AvgIpc) is 2.23. The van der Waals surface area contributed by atoms with Crippen molar-refractivity contribution in [2.24, 2.45) is 0 Å². The predicted molar refractivity (Wildman–Crippen MR) is 58.0 cm³/mol. The van der Waals surface area contributed by atoms with Crippen LogP contribution in [0, 0.1) is 0 Å². The van der Waals surface area contributed by atoms with Gasteiger partial charge in [0.15, 0.2) is 5.78 Å². The number of Topliss-reactive ketones (excluding diaryl/α,β-unsaturated/α-hetero) is 1. The van der Waals surface area contributed by atoms with Crippen LogP contribution in [0.25, 0.3) is 0 Å². The Labute approximate surface area is 90.7 Å². The van der Waals surface area contributed by atoms with E-state index in [1.807, 2.05) is 24.3 Å². The lowest BCUT2D eigenvalue weighted by atomic mass is 9.96. The maximum Gasteiger partial charge on any atom is 0.199 e. The van der Waals surface area contributed by atoms with Gasteiger partial charge in [0.05, 0.1) is 11.6 Å². The maximum absolute atomic E-state index is 11.7. The molecule has 0 spiro atoms. The molecule has 0 bridgehead atoms. The number of benzene rings is 1. The smallest absolute Gasteiger partial charge is 0.199 e. The van der Waals surface area contributed by atoms with E-state index in [1.165, 1.54) is 0 Å². The third-order valence-corrected chi connectivity index (χ3v) is 2.96. The summed E-state index contributed by atoms with van der Waals surface area (Å²) in [5, 5.41) is 0. The summed E-state index contributed by atoms with van der Waals surface area (Å²) in [5.41, 5.74) is 1.79. The topological polar surface area (TPSA) is 26.3 Å². The summed E-state index contributed by atoms with van der Waals surface area (Å²) >= 11 is 3.24. The van der Waals surface area contributed by atoms with Gasteiger partial charge in [-0.05, 0) is 46.1 Å². The van der Waals surface area contributed by atoms with Crippen molar-refractivity contribution in [1.82, 2.24) is 0 Å². The lowest BCUT2D eigenvalue weighted by Gasteiger charge is -2.13. The van der Waals surface area contributed by atoms with Gasteiger partial charge in [-0.3, -0.25) is 4.79 Å². The van der Waals surface area contributed by atoms with Crippen molar-refractivity contribution in [2.45, 2.75) is 6.42 Å². The molecule has 2 rings (SSSR count). The van der Waals surface area contributed by atoms with E-state index in [9.17, 15) is 4.79 Å². The van der Waals surface area contributed by atoms with Gasteiger partial charge in [-0.15, -0.1) is 0 Å². The number of ketones is 1. The zero-order valence-corrected chi connectivity index (χ0v) is 9.30. The molecule has 0 saturated carbocycles. The third-order valence-electron chi connectivity index (χ3n) is 2.28. The number of halogens is 1. The molecule has 0 aromatic heterocycles. The van der Waals surface area contributed by atoms with Crippen molar-refractivity contribution in [1.29, 1.82) is 0 Å². The van der Waals surface area contributed by atoms with Crippen LogP contribution in [0.1, 0.15) is 15.9 Å². The minimum absolute atomic E-state index is 0.0499. The number of methoxy groups -OCH3 is 1. The van der Waals surface area contributed by atoms with Gasteiger partial charge in [-0.2, -0.15) is 0 Å². The molecular weight excluding hydrogens is 244 g/mol. The summed E-state index contributed by atoms with van der Waals surface area (Å²) in [6.45, 7) is 0. The van der Waals surface area contributed by atoms with Gasteiger partial charge in [0, 0.05) is 5.56 Å². The van der Waals surface area contributed by atoms with Gasteiger partial charge in [0.1, 0.15) is 5.75 Å². The van der Waals surface area contributed by atoms with E-state index in [4.69, 9.17) is 4.74 Å². The van der Waals surface area contributed by atoms with Gasteiger partial charge >= 0.3 is 0 Å². The minimum Gasteiger partial charge on any atom is -0.497 e. The zero-order valence-electron chi connectivity index (χ0n) is 7.71.